The highest BCUT2D eigenvalue weighted by atomic mass is 15.1. The zero-order chi connectivity index (χ0) is 14.7. The van der Waals surface area contributed by atoms with Crippen LogP contribution in [0.1, 0.15) is 11.1 Å². The molecule has 3 rings (SSSR count). The number of likely N-dealkylation sites (N-methyl/N-ethyl adjacent to an activating group) is 1. The molecule has 0 fully saturated rings. The monoisotopic (exact) mass is 278 g/mol. The highest BCUT2D eigenvalue weighted by Crippen LogP contribution is 2.36. The number of hydrogen-bond acceptors (Lipinski definition) is 2. The molecule has 0 saturated heterocycles. The Hall–Kier alpha value is -2.06. The SMILES string of the molecule is C=C(CNC)CN1c2ccccc2CCc2ccccc21. The van der Waals surface area contributed by atoms with Gasteiger partial charge in [-0.15, -0.1) is 0 Å². The van der Waals surface area contributed by atoms with Crippen molar-refractivity contribution >= 4 is 11.4 Å². The van der Waals surface area contributed by atoms with E-state index < -0.39 is 0 Å². The maximum atomic E-state index is 4.21. The molecule has 21 heavy (non-hydrogen) atoms. The molecule has 108 valence electrons. The number of aryl methyl sites for hydroxylation is 2. The standard InChI is InChI=1S/C19H22N2/c1-15(13-20-2)14-21-18-9-5-3-7-16(18)11-12-17-8-4-6-10-19(17)21/h3-10,20H,1,11-14H2,2H3. The van der Waals surface area contributed by atoms with E-state index in [1.165, 1.54) is 28.1 Å². The van der Waals surface area contributed by atoms with Gasteiger partial charge in [0.05, 0.1) is 0 Å². The second kappa shape index (κ2) is 6.15. The molecule has 0 radical (unpaired) electrons. The molecule has 2 aromatic carbocycles. The predicted molar refractivity (Wildman–Crippen MR) is 90.4 cm³/mol. The molecule has 2 heteroatoms. The van der Waals surface area contributed by atoms with Crippen molar-refractivity contribution in [1.82, 2.24) is 5.32 Å². The van der Waals surface area contributed by atoms with Gasteiger partial charge in [-0.25, -0.2) is 0 Å². The molecular weight excluding hydrogens is 256 g/mol. The summed E-state index contributed by atoms with van der Waals surface area (Å²) in [5, 5.41) is 3.19. The number of hydrogen-bond donors (Lipinski definition) is 1. The molecule has 0 aromatic heterocycles. The first kappa shape index (κ1) is 13.9. The van der Waals surface area contributed by atoms with Crippen molar-refractivity contribution in [2.75, 3.05) is 25.0 Å². The first-order chi connectivity index (χ1) is 10.3. The van der Waals surface area contributed by atoms with Crippen LogP contribution in [0.5, 0.6) is 0 Å². The lowest BCUT2D eigenvalue weighted by Gasteiger charge is -2.27. The molecule has 0 aliphatic carbocycles. The molecular formula is C19H22N2. The summed E-state index contributed by atoms with van der Waals surface area (Å²) in [6.07, 6.45) is 2.20. The fourth-order valence-corrected chi connectivity index (χ4v) is 3.07. The average molecular weight is 278 g/mol. The normalized spacial score (nSPS) is 13.3. The number of benzene rings is 2. The summed E-state index contributed by atoms with van der Waals surface area (Å²) in [4.78, 5) is 2.41. The Morgan fingerprint density at radius 3 is 2.05 bits per heavy atom. The van der Waals surface area contributed by atoms with Crippen LogP contribution >= 0.6 is 0 Å². The second-order valence-electron chi connectivity index (χ2n) is 5.62. The van der Waals surface area contributed by atoms with E-state index in [2.05, 4.69) is 65.3 Å². The van der Waals surface area contributed by atoms with Crippen LogP contribution in [0.25, 0.3) is 0 Å². The van der Waals surface area contributed by atoms with Crippen LogP contribution in [0.15, 0.2) is 60.7 Å². The minimum Gasteiger partial charge on any atom is -0.337 e. The number of anilines is 2. The van der Waals surface area contributed by atoms with Crippen LogP contribution in [-0.2, 0) is 12.8 Å². The Labute approximate surface area is 127 Å². The predicted octanol–water partition coefficient (Wildman–Crippen LogP) is 3.70. The lowest BCUT2D eigenvalue weighted by atomic mass is 10.0. The minimum absolute atomic E-state index is 0.848. The Bertz CT molecular complexity index is 598. The van der Waals surface area contributed by atoms with Gasteiger partial charge in [0.2, 0.25) is 0 Å². The van der Waals surface area contributed by atoms with E-state index >= 15 is 0 Å². The van der Waals surface area contributed by atoms with Crippen molar-refractivity contribution in [1.29, 1.82) is 0 Å². The fourth-order valence-electron chi connectivity index (χ4n) is 3.07. The van der Waals surface area contributed by atoms with Crippen LogP contribution in [0, 0.1) is 0 Å². The Morgan fingerprint density at radius 2 is 1.52 bits per heavy atom. The van der Waals surface area contributed by atoms with E-state index in [4.69, 9.17) is 0 Å². The first-order valence-electron chi connectivity index (χ1n) is 7.54. The minimum atomic E-state index is 0.848. The highest BCUT2D eigenvalue weighted by Gasteiger charge is 2.20. The molecule has 1 aliphatic rings. The third-order valence-corrected chi connectivity index (χ3v) is 4.04. The molecule has 0 saturated carbocycles. The summed E-state index contributed by atoms with van der Waals surface area (Å²) in [6, 6.07) is 17.5. The number of rotatable bonds is 4. The molecule has 2 nitrogen and oxygen atoms in total. The molecule has 1 heterocycles. The smallest absolute Gasteiger partial charge is 0.0451 e. The largest absolute Gasteiger partial charge is 0.337 e. The Balaban J connectivity index is 2.04. The fraction of sp³-hybridized carbons (Fsp3) is 0.263. The summed E-state index contributed by atoms with van der Waals surface area (Å²) in [6.45, 7) is 5.91. The van der Waals surface area contributed by atoms with Gasteiger partial charge in [-0.2, -0.15) is 0 Å². The van der Waals surface area contributed by atoms with E-state index in [1.807, 2.05) is 7.05 Å². The van der Waals surface area contributed by atoms with Gasteiger partial charge in [0.25, 0.3) is 0 Å². The summed E-state index contributed by atoms with van der Waals surface area (Å²) < 4.78 is 0. The van der Waals surface area contributed by atoms with Crippen molar-refractivity contribution < 1.29 is 0 Å². The maximum absolute atomic E-state index is 4.21. The molecule has 0 amide bonds. The van der Waals surface area contributed by atoms with Gasteiger partial charge >= 0.3 is 0 Å². The van der Waals surface area contributed by atoms with Gasteiger partial charge < -0.3 is 10.2 Å². The number of nitrogens with zero attached hydrogens (tertiary/aromatic N) is 1. The van der Waals surface area contributed by atoms with E-state index in [0.717, 1.165) is 25.9 Å². The maximum Gasteiger partial charge on any atom is 0.0451 e. The van der Waals surface area contributed by atoms with Crippen molar-refractivity contribution in [3.63, 3.8) is 0 Å². The molecule has 0 spiro atoms. The summed E-state index contributed by atoms with van der Waals surface area (Å²) in [5.74, 6) is 0. The Morgan fingerprint density at radius 1 is 1.00 bits per heavy atom. The topological polar surface area (TPSA) is 15.3 Å². The third kappa shape index (κ3) is 2.86. The molecule has 1 aliphatic heterocycles. The van der Waals surface area contributed by atoms with Gasteiger partial charge in [0.1, 0.15) is 0 Å². The average Bonchev–Trinajstić information content (AvgIpc) is 2.66. The summed E-state index contributed by atoms with van der Waals surface area (Å²) in [5.41, 5.74) is 6.68. The van der Waals surface area contributed by atoms with Gasteiger partial charge in [-0.05, 0) is 48.7 Å². The number of fused-ring (bicyclic) bond motifs is 2. The Kier molecular flexibility index (Phi) is 4.07. The summed E-state index contributed by atoms with van der Waals surface area (Å²) in [7, 11) is 1.97. The third-order valence-electron chi connectivity index (χ3n) is 4.04. The van der Waals surface area contributed by atoms with Gasteiger partial charge in [-0.3, -0.25) is 0 Å². The van der Waals surface area contributed by atoms with Gasteiger partial charge in [0.15, 0.2) is 0 Å². The molecule has 1 N–H and O–H groups in total. The van der Waals surface area contributed by atoms with Crippen LogP contribution in [0.3, 0.4) is 0 Å². The highest BCUT2D eigenvalue weighted by molar-refractivity contribution is 5.71. The van der Waals surface area contributed by atoms with Crippen molar-refractivity contribution in [3.05, 3.63) is 71.8 Å². The van der Waals surface area contributed by atoms with Gasteiger partial charge in [-0.1, -0.05) is 43.0 Å². The van der Waals surface area contributed by atoms with E-state index in [0.29, 0.717) is 0 Å². The quantitative estimate of drug-likeness (QED) is 0.858. The molecule has 0 unspecified atom stereocenters. The van der Waals surface area contributed by atoms with Crippen LogP contribution in [0.2, 0.25) is 0 Å². The van der Waals surface area contributed by atoms with Crippen LogP contribution in [0.4, 0.5) is 11.4 Å². The molecule has 0 bridgehead atoms. The zero-order valence-electron chi connectivity index (χ0n) is 12.6. The van der Waals surface area contributed by atoms with Crippen molar-refractivity contribution in [3.8, 4) is 0 Å². The lowest BCUT2D eigenvalue weighted by Crippen LogP contribution is -2.24. The van der Waals surface area contributed by atoms with Crippen molar-refractivity contribution in [2.45, 2.75) is 12.8 Å². The van der Waals surface area contributed by atoms with E-state index in [-0.39, 0.29) is 0 Å². The molecule has 2 aromatic rings. The second-order valence-corrected chi connectivity index (χ2v) is 5.62. The van der Waals surface area contributed by atoms with Gasteiger partial charge in [0, 0.05) is 24.5 Å². The number of para-hydroxylation sites is 2. The lowest BCUT2D eigenvalue weighted by molar-refractivity contribution is 0.850. The van der Waals surface area contributed by atoms with Crippen molar-refractivity contribution in [2.24, 2.45) is 0 Å². The summed E-state index contributed by atoms with van der Waals surface area (Å²) >= 11 is 0. The van der Waals surface area contributed by atoms with Crippen LogP contribution in [-0.4, -0.2) is 20.1 Å². The number of nitrogens with one attached hydrogen (secondary N) is 1. The van der Waals surface area contributed by atoms with E-state index in [9.17, 15) is 0 Å². The molecule has 0 atom stereocenters. The van der Waals surface area contributed by atoms with Crippen LogP contribution < -0.4 is 10.2 Å². The first-order valence-corrected chi connectivity index (χ1v) is 7.54. The zero-order valence-corrected chi connectivity index (χ0v) is 12.6. The van der Waals surface area contributed by atoms with E-state index in [1.54, 1.807) is 0 Å².